The van der Waals surface area contributed by atoms with Crippen LogP contribution in [0.15, 0.2) is 42.5 Å². The van der Waals surface area contributed by atoms with Gasteiger partial charge in [0.2, 0.25) is 5.91 Å². The van der Waals surface area contributed by atoms with Crippen molar-refractivity contribution < 1.29 is 27.5 Å². The number of rotatable bonds is 13. The maximum absolute atomic E-state index is 13.5. The Labute approximate surface area is 241 Å². The molecule has 0 saturated carbocycles. The van der Waals surface area contributed by atoms with Crippen LogP contribution in [-0.2, 0) is 21.5 Å². The number of unbranched alkanes of at least 4 members (excludes halogenated alkanes) is 1. The molecule has 1 amide bonds. The van der Waals surface area contributed by atoms with Crippen LogP contribution in [0.4, 0.5) is 13.2 Å². The van der Waals surface area contributed by atoms with Gasteiger partial charge in [0.1, 0.15) is 12.5 Å². The average Bonchev–Trinajstić information content (AvgIpc) is 2.92. The number of hydrogen-bond donors (Lipinski definition) is 1. The molecule has 0 fully saturated rings. The predicted molar refractivity (Wildman–Crippen MR) is 154 cm³/mol. The van der Waals surface area contributed by atoms with Crippen molar-refractivity contribution in [3.8, 4) is 5.75 Å². The van der Waals surface area contributed by atoms with Crippen molar-refractivity contribution in [3.05, 3.63) is 63.6 Å². The summed E-state index contributed by atoms with van der Waals surface area (Å²) in [6.45, 7) is 15.0. The Balaban J connectivity index is 0.00000344. The molecule has 220 valence electrons. The number of ether oxygens (including phenoxy) is 1. The fourth-order valence-electron chi connectivity index (χ4n) is 3.83. The zero-order valence-electron chi connectivity index (χ0n) is 23.5. The van der Waals surface area contributed by atoms with E-state index in [0.717, 1.165) is 44.5 Å². The highest BCUT2D eigenvalue weighted by Crippen LogP contribution is 2.33. The normalized spacial score (nSPS) is 12.4. The van der Waals surface area contributed by atoms with Crippen LogP contribution in [0.25, 0.3) is 0 Å². The molecule has 0 aliphatic heterocycles. The summed E-state index contributed by atoms with van der Waals surface area (Å²) in [6, 6.07) is 10.7. The highest BCUT2D eigenvalue weighted by atomic mass is 35.5. The molecule has 1 unspecified atom stereocenters. The number of nitrogens with one attached hydrogen (secondary N) is 1. The highest BCUT2D eigenvalue weighted by molar-refractivity contribution is 6.42. The van der Waals surface area contributed by atoms with Crippen LogP contribution in [0.2, 0.25) is 10.0 Å². The van der Waals surface area contributed by atoms with E-state index in [1.807, 2.05) is 33.6 Å². The first-order valence-electron chi connectivity index (χ1n) is 13.1. The summed E-state index contributed by atoms with van der Waals surface area (Å²) in [5.74, 6) is -0.505. The second-order valence-electron chi connectivity index (χ2n) is 8.78. The quantitative estimate of drug-likeness (QED) is 0.254. The molecule has 2 rings (SSSR count). The van der Waals surface area contributed by atoms with Crippen molar-refractivity contribution in [2.45, 2.75) is 78.6 Å². The molecule has 0 radical (unpaired) electrons. The summed E-state index contributed by atoms with van der Waals surface area (Å²) in [4.78, 5) is 23.9. The van der Waals surface area contributed by atoms with Crippen LogP contribution in [0.1, 0.15) is 71.4 Å². The summed E-state index contributed by atoms with van der Waals surface area (Å²) in [5, 5.41) is 3.73. The number of carbonyl (C=O) groups is 2. The van der Waals surface area contributed by atoms with E-state index in [-0.39, 0.29) is 18.2 Å². The number of benzene rings is 2. The minimum absolute atomic E-state index is 0.163. The second-order valence-corrected chi connectivity index (χ2v) is 9.60. The molecule has 0 heterocycles. The number of hydrogen-bond acceptors (Lipinski definition) is 4. The molecule has 2 aromatic carbocycles. The van der Waals surface area contributed by atoms with Crippen molar-refractivity contribution in [2.75, 3.05) is 19.6 Å². The van der Waals surface area contributed by atoms with Crippen LogP contribution in [-0.4, -0.2) is 43.6 Å². The molecule has 1 atom stereocenters. The van der Waals surface area contributed by atoms with Gasteiger partial charge in [-0.05, 0) is 81.2 Å². The fraction of sp³-hybridized carbons (Fsp3) is 0.517. The number of nitrogens with zero attached hydrogens (tertiary/aromatic N) is 1. The molecule has 2 aromatic rings. The van der Waals surface area contributed by atoms with Crippen LogP contribution in [0.5, 0.6) is 5.75 Å². The Hall–Kier alpha value is -2.29. The van der Waals surface area contributed by atoms with Gasteiger partial charge in [-0.2, -0.15) is 0 Å². The van der Waals surface area contributed by atoms with Gasteiger partial charge in [0.25, 0.3) is 0 Å². The minimum Gasteiger partial charge on any atom is -0.406 e. The van der Waals surface area contributed by atoms with E-state index >= 15 is 0 Å². The maximum atomic E-state index is 13.5. The van der Waals surface area contributed by atoms with E-state index in [2.05, 4.69) is 28.8 Å². The lowest BCUT2D eigenvalue weighted by Crippen LogP contribution is -2.44. The minimum atomic E-state index is -4.75. The van der Waals surface area contributed by atoms with Gasteiger partial charge < -0.3 is 19.7 Å². The number of alkyl halides is 3. The lowest BCUT2D eigenvalue weighted by atomic mass is 9.78. The van der Waals surface area contributed by atoms with Gasteiger partial charge in [0.15, 0.2) is 0 Å². The smallest absolute Gasteiger partial charge is 0.406 e. The van der Waals surface area contributed by atoms with Crippen LogP contribution >= 0.6 is 23.2 Å². The Kier molecular flexibility index (Phi) is 17.8. The van der Waals surface area contributed by atoms with Crippen LogP contribution in [0, 0.1) is 0 Å². The Morgan fingerprint density at radius 2 is 1.56 bits per heavy atom. The first kappa shape index (κ1) is 36.7. The molecule has 1 N–H and O–H groups in total. The van der Waals surface area contributed by atoms with Crippen molar-refractivity contribution >= 4 is 35.9 Å². The number of halogens is 5. The lowest BCUT2D eigenvalue weighted by molar-refractivity contribution is -0.274. The first-order chi connectivity index (χ1) is 18.5. The van der Waals surface area contributed by atoms with E-state index in [1.54, 1.807) is 12.1 Å². The highest BCUT2D eigenvalue weighted by Gasteiger charge is 2.36. The van der Waals surface area contributed by atoms with Crippen molar-refractivity contribution in [3.63, 3.8) is 0 Å². The Morgan fingerprint density at radius 3 is 2.08 bits per heavy atom. The number of carbonyl (C=O) groups excluding carboxylic acids is 2. The largest absolute Gasteiger partial charge is 0.573 e. The van der Waals surface area contributed by atoms with Gasteiger partial charge in [0, 0.05) is 6.54 Å². The summed E-state index contributed by atoms with van der Waals surface area (Å²) < 4.78 is 41.1. The third-order valence-electron chi connectivity index (χ3n) is 5.96. The van der Waals surface area contributed by atoms with E-state index in [4.69, 9.17) is 28.0 Å². The van der Waals surface area contributed by atoms with Crippen molar-refractivity contribution in [1.29, 1.82) is 0 Å². The lowest BCUT2D eigenvalue weighted by Gasteiger charge is -2.32. The van der Waals surface area contributed by atoms with Crippen LogP contribution in [0.3, 0.4) is 0 Å². The summed E-state index contributed by atoms with van der Waals surface area (Å²) >= 11 is 12.4. The summed E-state index contributed by atoms with van der Waals surface area (Å²) in [6.07, 6.45) is -0.978. The molecule has 0 aliphatic carbocycles. The third kappa shape index (κ3) is 13.1. The summed E-state index contributed by atoms with van der Waals surface area (Å²) in [5.41, 5.74) is 0.524. The van der Waals surface area contributed by atoms with E-state index < -0.39 is 11.8 Å². The van der Waals surface area contributed by atoms with Crippen LogP contribution < -0.4 is 10.1 Å². The maximum Gasteiger partial charge on any atom is 0.573 e. The fourth-order valence-corrected chi connectivity index (χ4v) is 4.13. The Bertz CT molecular complexity index is 975. The SMILES string of the molecule is C=O.CC.CCCCN(CCC)CCC(C)(C(=O)NCc1ccc(OC(F)(F)F)cc1)c1ccc(Cl)c(Cl)c1. The standard InChI is InChI=1S/C26H33Cl2F3N2O2.C2H6.CH2O/c1-4-6-15-33(14-5-2)16-13-25(3,20-9-12-22(27)23(28)17-20)24(34)32-18-19-7-10-21(11-8-19)35-26(29,30)31;2*1-2/h7-12,17H,4-6,13-16,18H2,1-3H3,(H,32,34);1-2H3;1H2. The van der Waals surface area contributed by atoms with Gasteiger partial charge in [0.05, 0.1) is 15.5 Å². The number of amides is 1. The van der Waals surface area contributed by atoms with Gasteiger partial charge in [-0.25, -0.2) is 0 Å². The Morgan fingerprint density at radius 1 is 0.949 bits per heavy atom. The summed E-state index contributed by atoms with van der Waals surface area (Å²) in [7, 11) is 0. The molecular weight excluding hydrogens is 552 g/mol. The topological polar surface area (TPSA) is 58.6 Å². The van der Waals surface area contributed by atoms with E-state index in [1.165, 1.54) is 24.3 Å². The zero-order chi connectivity index (χ0) is 30.1. The van der Waals surface area contributed by atoms with Crippen molar-refractivity contribution in [2.24, 2.45) is 0 Å². The molecule has 39 heavy (non-hydrogen) atoms. The van der Waals surface area contributed by atoms with Crippen molar-refractivity contribution in [1.82, 2.24) is 10.2 Å². The first-order valence-corrected chi connectivity index (χ1v) is 13.8. The molecule has 0 bridgehead atoms. The van der Waals surface area contributed by atoms with Gasteiger partial charge in [-0.1, -0.05) is 75.5 Å². The monoisotopic (exact) mass is 592 g/mol. The third-order valence-corrected chi connectivity index (χ3v) is 6.70. The van der Waals surface area contributed by atoms with Gasteiger partial charge in [-0.15, -0.1) is 13.2 Å². The average molecular weight is 594 g/mol. The molecule has 0 aromatic heterocycles. The second kappa shape index (κ2) is 18.9. The van der Waals surface area contributed by atoms with E-state index in [0.29, 0.717) is 22.0 Å². The predicted octanol–water partition coefficient (Wildman–Crippen LogP) is 8.21. The molecular formula is C29H41Cl2F3N2O3. The zero-order valence-corrected chi connectivity index (χ0v) is 25.0. The van der Waals surface area contributed by atoms with E-state index in [9.17, 15) is 18.0 Å². The molecule has 5 nitrogen and oxygen atoms in total. The molecule has 0 spiro atoms. The molecule has 0 aliphatic rings. The molecule has 10 heteroatoms. The molecule has 0 saturated heterocycles. The van der Waals surface area contributed by atoms with Gasteiger partial charge in [-0.3, -0.25) is 4.79 Å². The van der Waals surface area contributed by atoms with Gasteiger partial charge >= 0.3 is 6.36 Å².